The molecular formula is C14H15BrO4. The van der Waals surface area contributed by atoms with Gasteiger partial charge in [0.1, 0.15) is 11.7 Å². The van der Waals surface area contributed by atoms with Crippen LogP contribution < -0.4 is 4.74 Å². The molecule has 0 fully saturated rings. The summed E-state index contributed by atoms with van der Waals surface area (Å²) in [7, 11) is 0. The molecular weight excluding hydrogens is 312 g/mol. The van der Waals surface area contributed by atoms with Crippen molar-refractivity contribution in [3.8, 4) is 5.75 Å². The number of hydrogen-bond donors (Lipinski definition) is 0. The summed E-state index contributed by atoms with van der Waals surface area (Å²) >= 11 is 3.36. The van der Waals surface area contributed by atoms with Crippen LogP contribution in [0.4, 0.5) is 0 Å². The van der Waals surface area contributed by atoms with Crippen molar-refractivity contribution in [1.29, 1.82) is 0 Å². The van der Waals surface area contributed by atoms with E-state index in [1.807, 2.05) is 13.0 Å². The van der Waals surface area contributed by atoms with E-state index in [4.69, 9.17) is 9.47 Å². The van der Waals surface area contributed by atoms with E-state index >= 15 is 0 Å². The van der Waals surface area contributed by atoms with Crippen molar-refractivity contribution in [2.45, 2.75) is 20.3 Å². The first-order chi connectivity index (χ1) is 9.04. The molecule has 0 amide bonds. The van der Waals surface area contributed by atoms with Crippen molar-refractivity contribution in [2.24, 2.45) is 5.92 Å². The molecule has 0 saturated carbocycles. The maximum Gasteiger partial charge on any atom is 0.316 e. The smallest absolute Gasteiger partial charge is 0.316 e. The number of esters is 1. The summed E-state index contributed by atoms with van der Waals surface area (Å²) in [6.45, 7) is 4.21. The number of hydrogen-bond acceptors (Lipinski definition) is 4. The van der Waals surface area contributed by atoms with Crippen LogP contribution in [0.5, 0.6) is 5.75 Å². The second kappa shape index (κ2) is 5.74. The van der Waals surface area contributed by atoms with Crippen molar-refractivity contribution in [2.75, 3.05) is 13.2 Å². The molecule has 0 radical (unpaired) electrons. The number of benzene rings is 1. The quantitative estimate of drug-likeness (QED) is 0.619. The highest BCUT2D eigenvalue weighted by Crippen LogP contribution is 2.33. The van der Waals surface area contributed by atoms with E-state index in [-0.39, 0.29) is 12.4 Å². The van der Waals surface area contributed by atoms with Crippen molar-refractivity contribution < 1.29 is 19.1 Å². The zero-order valence-corrected chi connectivity index (χ0v) is 12.5. The minimum atomic E-state index is -0.769. The van der Waals surface area contributed by atoms with Gasteiger partial charge in [-0.05, 0) is 31.5 Å². The van der Waals surface area contributed by atoms with Gasteiger partial charge in [0, 0.05) is 10.9 Å². The highest BCUT2D eigenvalue weighted by atomic mass is 79.9. The lowest BCUT2D eigenvalue weighted by Crippen LogP contribution is -2.26. The molecule has 1 aromatic rings. The lowest BCUT2D eigenvalue weighted by molar-refractivity contribution is -0.146. The normalized spacial score (nSPS) is 18.3. The molecule has 1 aliphatic heterocycles. The minimum absolute atomic E-state index is 0.227. The maximum absolute atomic E-state index is 12.5. The van der Waals surface area contributed by atoms with Gasteiger partial charge in [-0.15, -0.1) is 0 Å². The van der Waals surface area contributed by atoms with Gasteiger partial charge in [0.2, 0.25) is 0 Å². The third-order valence-electron chi connectivity index (χ3n) is 3.05. The molecule has 0 aromatic heterocycles. The third kappa shape index (κ3) is 2.81. The second-order valence-corrected chi connectivity index (χ2v) is 5.32. The summed E-state index contributed by atoms with van der Waals surface area (Å²) in [6, 6.07) is 3.58. The number of fused-ring (bicyclic) bond motifs is 1. The summed E-state index contributed by atoms with van der Waals surface area (Å²) in [5.41, 5.74) is 1.32. The predicted molar refractivity (Wildman–Crippen MR) is 73.4 cm³/mol. The zero-order valence-electron chi connectivity index (χ0n) is 10.9. The molecule has 0 aliphatic carbocycles. The van der Waals surface area contributed by atoms with Crippen molar-refractivity contribution >= 4 is 27.7 Å². The molecule has 1 atom stereocenters. The van der Waals surface area contributed by atoms with E-state index in [2.05, 4.69) is 15.9 Å². The van der Waals surface area contributed by atoms with Crippen molar-refractivity contribution in [3.63, 3.8) is 0 Å². The van der Waals surface area contributed by atoms with Gasteiger partial charge in [-0.3, -0.25) is 9.59 Å². The molecule has 4 nitrogen and oxygen atoms in total. The van der Waals surface area contributed by atoms with Crippen LogP contribution in [-0.4, -0.2) is 25.0 Å². The summed E-state index contributed by atoms with van der Waals surface area (Å²) < 4.78 is 11.4. The monoisotopic (exact) mass is 326 g/mol. The number of rotatable bonds is 2. The fourth-order valence-electron chi connectivity index (χ4n) is 2.17. The maximum atomic E-state index is 12.5. The highest BCUT2D eigenvalue weighted by molar-refractivity contribution is 9.10. The van der Waals surface area contributed by atoms with Crippen LogP contribution in [0.3, 0.4) is 0 Å². The van der Waals surface area contributed by atoms with Gasteiger partial charge in [-0.25, -0.2) is 0 Å². The number of ketones is 1. The Labute approximate surface area is 120 Å². The minimum Gasteiger partial charge on any atom is -0.493 e. The standard InChI is InChI=1S/C14H15BrO4/c1-3-18-14(17)10-4-5-19-13-8(2)6-9(15)7-11(13)12(10)16/h6-7,10H,3-5H2,1-2H3. The van der Waals surface area contributed by atoms with E-state index in [9.17, 15) is 9.59 Å². The van der Waals surface area contributed by atoms with E-state index in [1.54, 1.807) is 13.0 Å². The Morgan fingerprint density at radius 2 is 2.26 bits per heavy atom. The summed E-state index contributed by atoms with van der Waals surface area (Å²) in [6.07, 6.45) is 0.351. The van der Waals surface area contributed by atoms with Gasteiger partial charge in [0.15, 0.2) is 5.78 Å². The lowest BCUT2D eigenvalue weighted by Gasteiger charge is -2.12. The molecule has 1 aliphatic rings. The van der Waals surface area contributed by atoms with E-state index < -0.39 is 11.9 Å². The predicted octanol–water partition coefficient (Wildman–Crippen LogP) is 2.90. The van der Waals surface area contributed by atoms with Crippen LogP contribution >= 0.6 is 15.9 Å². The summed E-state index contributed by atoms with van der Waals surface area (Å²) in [4.78, 5) is 24.3. The molecule has 5 heteroatoms. The van der Waals surface area contributed by atoms with Crippen LogP contribution in [0.15, 0.2) is 16.6 Å². The van der Waals surface area contributed by atoms with Crippen LogP contribution in [0.2, 0.25) is 0 Å². The summed E-state index contributed by atoms with van der Waals surface area (Å²) in [5, 5.41) is 0. The van der Waals surface area contributed by atoms with E-state index in [0.717, 1.165) is 10.0 Å². The van der Waals surface area contributed by atoms with Gasteiger partial charge in [0.05, 0.1) is 18.8 Å². The van der Waals surface area contributed by atoms with Gasteiger partial charge in [-0.2, -0.15) is 0 Å². The Morgan fingerprint density at radius 3 is 2.95 bits per heavy atom. The van der Waals surface area contributed by atoms with Crippen LogP contribution in [0.1, 0.15) is 29.3 Å². The number of carbonyl (C=O) groups is 2. The molecule has 1 aromatic carbocycles. The Bertz CT molecular complexity index is 524. The molecule has 2 rings (SSSR count). The second-order valence-electron chi connectivity index (χ2n) is 4.41. The first kappa shape index (κ1) is 14.1. The molecule has 1 unspecified atom stereocenters. The Balaban J connectivity index is 2.41. The Kier molecular flexibility index (Phi) is 4.24. The highest BCUT2D eigenvalue weighted by Gasteiger charge is 2.33. The molecule has 19 heavy (non-hydrogen) atoms. The van der Waals surface area contributed by atoms with Crippen LogP contribution in [0.25, 0.3) is 0 Å². The summed E-state index contributed by atoms with van der Waals surface area (Å²) in [5.74, 6) is -0.896. The first-order valence-electron chi connectivity index (χ1n) is 6.18. The third-order valence-corrected chi connectivity index (χ3v) is 3.50. The van der Waals surface area contributed by atoms with Gasteiger partial charge in [0.25, 0.3) is 0 Å². The van der Waals surface area contributed by atoms with E-state index in [1.165, 1.54) is 0 Å². The van der Waals surface area contributed by atoms with Crippen LogP contribution in [-0.2, 0) is 9.53 Å². The van der Waals surface area contributed by atoms with Gasteiger partial charge >= 0.3 is 5.97 Å². The fourth-order valence-corrected chi connectivity index (χ4v) is 2.74. The number of aryl methyl sites for hydroxylation is 1. The molecule has 0 N–H and O–H groups in total. The number of Topliss-reactive ketones (excluding diaryl/α,β-unsaturated/α-hetero) is 1. The number of carbonyl (C=O) groups excluding carboxylic acids is 2. The lowest BCUT2D eigenvalue weighted by atomic mass is 9.94. The van der Waals surface area contributed by atoms with Crippen molar-refractivity contribution in [3.05, 3.63) is 27.7 Å². The average Bonchev–Trinajstić information content (AvgIpc) is 2.50. The largest absolute Gasteiger partial charge is 0.493 e. The van der Waals surface area contributed by atoms with Gasteiger partial charge < -0.3 is 9.47 Å². The number of ether oxygens (including phenoxy) is 2. The average molecular weight is 327 g/mol. The molecule has 102 valence electrons. The molecule has 1 heterocycles. The zero-order chi connectivity index (χ0) is 14.0. The van der Waals surface area contributed by atoms with E-state index in [0.29, 0.717) is 24.3 Å². The van der Waals surface area contributed by atoms with Crippen LogP contribution in [0, 0.1) is 12.8 Å². The molecule has 0 spiro atoms. The molecule has 0 saturated heterocycles. The fraction of sp³-hybridized carbons (Fsp3) is 0.429. The Hall–Kier alpha value is -1.36. The Morgan fingerprint density at radius 1 is 1.53 bits per heavy atom. The first-order valence-corrected chi connectivity index (χ1v) is 6.97. The SMILES string of the molecule is CCOC(=O)C1CCOc2c(C)cc(Br)cc2C1=O. The topological polar surface area (TPSA) is 52.6 Å². The molecule has 0 bridgehead atoms. The van der Waals surface area contributed by atoms with Crippen molar-refractivity contribution in [1.82, 2.24) is 0 Å². The number of halogens is 1. The van der Waals surface area contributed by atoms with Gasteiger partial charge in [-0.1, -0.05) is 15.9 Å².